The fourth-order valence-corrected chi connectivity index (χ4v) is 5.30. The molecule has 0 unspecified atom stereocenters. The molecule has 2 aliphatic rings. The predicted molar refractivity (Wildman–Crippen MR) is 150 cm³/mol. The van der Waals surface area contributed by atoms with Crippen molar-refractivity contribution in [2.75, 3.05) is 45.9 Å². The Balaban J connectivity index is 1.22. The topological polar surface area (TPSA) is 139 Å². The number of fused-ring (bicyclic) bond motifs is 1. The number of hydrogen-bond donors (Lipinski definition) is 1. The number of nitrogens with one attached hydrogen (secondary N) is 1. The molecule has 13 heteroatoms. The van der Waals surface area contributed by atoms with Gasteiger partial charge < -0.3 is 23.8 Å². The van der Waals surface area contributed by atoms with E-state index in [2.05, 4.69) is 20.3 Å². The number of aryl methyl sites for hydroxylation is 1. The molecule has 2 aromatic heterocycles. The van der Waals surface area contributed by atoms with Gasteiger partial charge >= 0.3 is 0 Å². The van der Waals surface area contributed by atoms with Crippen LogP contribution >= 0.6 is 0 Å². The Kier molecular flexibility index (Phi) is 8.84. The second kappa shape index (κ2) is 12.7. The van der Waals surface area contributed by atoms with Gasteiger partial charge in [0.25, 0.3) is 11.5 Å². The molecule has 2 aliphatic heterocycles. The number of piperidine rings is 1. The van der Waals surface area contributed by atoms with Crippen LogP contribution in [0.5, 0.6) is 17.2 Å². The first-order chi connectivity index (χ1) is 19.9. The summed E-state index contributed by atoms with van der Waals surface area (Å²) in [4.78, 5) is 46.9. The van der Waals surface area contributed by atoms with Crippen LogP contribution in [0.4, 0.5) is 5.95 Å². The number of amides is 1. The molecule has 1 amide bonds. The minimum atomic E-state index is -0.423. The summed E-state index contributed by atoms with van der Waals surface area (Å²) in [6.45, 7) is 4.45. The molecule has 0 radical (unpaired) electrons. The van der Waals surface area contributed by atoms with Crippen LogP contribution in [0, 0.1) is 12.8 Å². The summed E-state index contributed by atoms with van der Waals surface area (Å²) >= 11 is 0. The van der Waals surface area contributed by atoms with Crippen molar-refractivity contribution in [3.63, 3.8) is 0 Å². The molecule has 2 saturated heterocycles. The SMILES string of the molecule is COc1cc2c(=O)n(CC3CCN(c4ncc(C(=O)NO[C@@H]5CCCCO5)cn4)CC3)c(C)nc2c(OC)c1OC. The van der Waals surface area contributed by atoms with Crippen LogP contribution < -0.4 is 30.1 Å². The second-order valence-corrected chi connectivity index (χ2v) is 10.2. The first-order valence-electron chi connectivity index (χ1n) is 13.8. The standard InChI is InChI=1S/C28H36N6O7/c1-17-31-23-20(13-21(37-2)24(38-3)25(23)39-4)27(36)34(17)16-18-8-10-33(11-9-18)28-29-14-19(15-30-28)26(35)32-41-22-7-5-6-12-40-22/h13-15,18,22H,5-12,16H2,1-4H3,(H,32,35)/t22-/m1/s1. The zero-order valence-electron chi connectivity index (χ0n) is 23.8. The molecule has 0 aliphatic carbocycles. The molecule has 1 N–H and O–H groups in total. The summed E-state index contributed by atoms with van der Waals surface area (Å²) < 4.78 is 23.6. The minimum absolute atomic E-state index is 0.148. The van der Waals surface area contributed by atoms with E-state index in [-0.39, 0.29) is 11.5 Å². The number of methoxy groups -OCH3 is 3. The largest absolute Gasteiger partial charge is 0.493 e. The van der Waals surface area contributed by atoms with Crippen molar-refractivity contribution in [1.82, 2.24) is 25.0 Å². The first kappa shape index (κ1) is 28.6. The lowest BCUT2D eigenvalue weighted by Gasteiger charge is -2.32. The van der Waals surface area contributed by atoms with Crippen molar-refractivity contribution in [2.45, 2.75) is 51.9 Å². The van der Waals surface area contributed by atoms with E-state index in [1.807, 2.05) is 6.92 Å². The molecule has 2 fully saturated rings. The van der Waals surface area contributed by atoms with E-state index in [0.717, 1.165) is 45.2 Å². The van der Waals surface area contributed by atoms with E-state index in [0.29, 0.717) is 58.6 Å². The summed E-state index contributed by atoms with van der Waals surface area (Å²) in [5.74, 6) is 2.20. The van der Waals surface area contributed by atoms with E-state index in [1.54, 1.807) is 10.6 Å². The highest BCUT2D eigenvalue weighted by molar-refractivity contribution is 5.93. The van der Waals surface area contributed by atoms with Crippen LogP contribution in [-0.4, -0.2) is 72.7 Å². The van der Waals surface area contributed by atoms with Gasteiger partial charge in [0.05, 0.1) is 32.3 Å². The zero-order valence-corrected chi connectivity index (χ0v) is 23.8. The Morgan fingerprint density at radius 3 is 2.41 bits per heavy atom. The van der Waals surface area contributed by atoms with Gasteiger partial charge in [0.15, 0.2) is 17.8 Å². The van der Waals surface area contributed by atoms with Crippen LogP contribution in [0.1, 0.15) is 48.3 Å². The highest BCUT2D eigenvalue weighted by Gasteiger charge is 2.25. The molecule has 1 aromatic carbocycles. The van der Waals surface area contributed by atoms with Crippen molar-refractivity contribution in [3.8, 4) is 17.2 Å². The number of anilines is 1. The number of benzene rings is 1. The van der Waals surface area contributed by atoms with E-state index >= 15 is 0 Å². The summed E-state index contributed by atoms with van der Waals surface area (Å²) in [5, 5.41) is 0.414. The molecule has 0 spiro atoms. The normalized spacial score (nSPS) is 17.9. The lowest BCUT2D eigenvalue weighted by molar-refractivity contribution is -0.186. The number of carbonyl (C=O) groups is 1. The van der Waals surface area contributed by atoms with E-state index in [4.69, 9.17) is 28.8 Å². The fraction of sp³-hybridized carbons (Fsp3) is 0.536. The van der Waals surface area contributed by atoms with Gasteiger partial charge in [0.1, 0.15) is 11.3 Å². The predicted octanol–water partition coefficient (Wildman–Crippen LogP) is 2.63. The van der Waals surface area contributed by atoms with Gasteiger partial charge in [-0.1, -0.05) is 0 Å². The van der Waals surface area contributed by atoms with Crippen molar-refractivity contribution in [1.29, 1.82) is 0 Å². The third kappa shape index (κ3) is 6.05. The maximum atomic E-state index is 13.6. The zero-order chi connectivity index (χ0) is 28.9. The van der Waals surface area contributed by atoms with Crippen LogP contribution in [0.3, 0.4) is 0 Å². The van der Waals surface area contributed by atoms with E-state index in [1.165, 1.54) is 33.7 Å². The molecule has 5 rings (SSSR count). The highest BCUT2D eigenvalue weighted by atomic mass is 16.8. The van der Waals surface area contributed by atoms with Gasteiger partial charge in [-0.3, -0.25) is 14.2 Å². The van der Waals surface area contributed by atoms with Gasteiger partial charge in [-0.05, 0) is 44.6 Å². The van der Waals surface area contributed by atoms with Gasteiger partial charge in [-0.15, -0.1) is 0 Å². The van der Waals surface area contributed by atoms with Crippen LogP contribution in [0.25, 0.3) is 10.9 Å². The molecular formula is C28H36N6O7. The van der Waals surface area contributed by atoms with Crippen molar-refractivity contribution < 1.29 is 28.6 Å². The average molecular weight is 569 g/mol. The van der Waals surface area contributed by atoms with Gasteiger partial charge in [-0.25, -0.2) is 25.3 Å². The lowest BCUT2D eigenvalue weighted by atomic mass is 9.96. The number of aromatic nitrogens is 4. The maximum Gasteiger partial charge on any atom is 0.278 e. The lowest BCUT2D eigenvalue weighted by Crippen LogP contribution is -2.38. The molecule has 13 nitrogen and oxygen atoms in total. The molecule has 220 valence electrons. The van der Waals surface area contributed by atoms with E-state index < -0.39 is 12.2 Å². The molecule has 0 saturated carbocycles. The number of ether oxygens (including phenoxy) is 4. The van der Waals surface area contributed by atoms with E-state index in [9.17, 15) is 9.59 Å². The summed E-state index contributed by atoms with van der Waals surface area (Å²) in [6.07, 6.45) is 7.01. The molecule has 3 aromatic rings. The summed E-state index contributed by atoms with van der Waals surface area (Å²) in [7, 11) is 4.55. The Bertz CT molecular complexity index is 1430. The first-order valence-corrected chi connectivity index (χ1v) is 13.8. The number of hydroxylamine groups is 1. The van der Waals surface area contributed by atoms with Gasteiger partial charge in [-0.2, -0.15) is 0 Å². The number of rotatable bonds is 9. The Morgan fingerprint density at radius 2 is 1.78 bits per heavy atom. The van der Waals surface area contributed by atoms with Crippen LogP contribution in [0.2, 0.25) is 0 Å². The molecular weight excluding hydrogens is 532 g/mol. The molecule has 0 bridgehead atoms. The third-order valence-electron chi connectivity index (χ3n) is 7.60. The Hall–Kier alpha value is -3.97. The molecule has 4 heterocycles. The quantitative estimate of drug-likeness (QED) is 0.381. The van der Waals surface area contributed by atoms with Crippen LogP contribution in [0.15, 0.2) is 23.3 Å². The maximum absolute atomic E-state index is 13.6. The van der Waals surface area contributed by atoms with Gasteiger partial charge in [0.2, 0.25) is 11.7 Å². The number of hydrogen-bond acceptors (Lipinski definition) is 11. The average Bonchev–Trinajstić information content (AvgIpc) is 3.02. The minimum Gasteiger partial charge on any atom is -0.493 e. The fourth-order valence-electron chi connectivity index (χ4n) is 5.30. The Labute approximate surface area is 237 Å². The van der Waals surface area contributed by atoms with Crippen molar-refractivity contribution >= 4 is 22.8 Å². The van der Waals surface area contributed by atoms with Crippen LogP contribution in [-0.2, 0) is 16.1 Å². The van der Waals surface area contributed by atoms with Crippen molar-refractivity contribution in [2.24, 2.45) is 5.92 Å². The highest BCUT2D eigenvalue weighted by Crippen LogP contribution is 2.41. The summed E-state index contributed by atoms with van der Waals surface area (Å²) in [5.41, 5.74) is 3.03. The second-order valence-electron chi connectivity index (χ2n) is 10.2. The molecule has 41 heavy (non-hydrogen) atoms. The summed E-state index contributed by atoms with van der Waals surface area (Å²) in [6, 6.07) is 1.65. The third-order valence-corrected chi connectivity index (χ3v) is 7.60. The smallest absolute Gasteiger partial charge is 0.278 e. The van der Waals surface area contributed by atoms with Crippen molar-refractivity contribution in [3.05, 3.63) is 40.2 Å². The number of nitrogens with zero attached hydrogens (tertiary/aromatic N) is 5. The monoisotopic (exact) mass is 568 g/mol. The Morgan fingerprint density at radius 1 is 1.05 bits per heavy atom. The number of carbonyl (C=O) groups excluding carboxylic acids is 1. The molecule has 1 atom stereocenters. The van der Waals surface area contributed by atoms with Gasteiger partial charge in [0, 0.05) is 45.1 Å².